The third kappa shape index (κ3) is 4.46. The van der Waals surface area contributed by atoms with Gasteiger partial charge in [0, 0.05) is 31.0 Å². The van der Waals surface area contributed by atoms with Crippen LogP contribution in [0.15, 0.2) is 24.3 Å². The maximum absolute atomic E-state index is 13.3. The summed E-state index contributed by atoms with van der Waals surface area (Å²) in [7, 11) is 0. The van der Waals surface area contributed by atoms with Gasteiger partial charge in [-0.2, -0.15) is 0 Å². The second-order valence-electron chi connectivity index (χ2n) is 7.04. The first kappa shape index (κ1) is 18.1. The second-order valence-corrected chi connectivity index (χ2v) is 7.48. The molecule has 0 aromatic heterocycles. The molecule has 1 aliphatic carbocycles. The van der Waals surface area contributed by atoms with Gasteiger partial charge in [-0.05, 0) is 36.5 Å². The number of ether oxygens (including phenoxy) is 1. The molecule has 3 rings (SSSR count). The molecule has 2 aliphatic rings. The number of likely N-dealkylation sites (tertiary alicyclic amines) is 1. The maximum atomic E-state index is 13.3. The lowest BCUT2D eigenvalue weighted by atomic mass is 9.83. The molecule has 0 spiro atoms. The van der Waals surface area contributed by atoms with E-state index in [1.54, 1.807) is 0 Å². The first-order valence-electron chi connectivity index (χ1n) is 9.05. The molecule has 25 heavy (non-hydrogen) atoms. The molecular formula is C19H25ClN2O3. The number of nitrogens with two attached hydrogens (primary N) is 1. The van der Waals surface area contributed by atoms with Crippen molar-refractivity contribution < 1.29 is 14.3 Å². The van der Waals surface area contributed by atoms with Crippen molar-refractivity contribution in [3.63, 3.8) is 0 Å². The average molecular weight is 365 g/mol. The molecule has 1 heterocycles. The number of benzene rings is 1. The zero-order valence-electron chi connectivity index (χ0n) is 14.3. The molecule has 1 saturated heterocycles. The average Bonchev–Trinajstić information content (AvgIpc) is 3.09. The van der Waals surface area contributed by atoms with Gasteiger partial charge in [-0.3, -0.25) is 4.79 Å². The maximum Gasteiger partial charge on any atom is 0.404 e. The minimum Gasteiger partial charge on any atom is -0.446 e. The van der Waals surface area contributed by atoms with Crippen LogP contribution >= 0.6 is 11.6 Å². The monoisotopic (exact) mass is 364 g/mol. The Hall–Kier alpha value is -1.75. The molecule has 6 heteroatoms. The van der Waals surface area contributed by atoms with Gasteiger partial charge in [-0.25, -0.2) is 4.79 Å². The van der Waals surface area contributed by atoms with Crippen molar-refractivity contribution in [1.82, 2.24) is 4.90 Å². The number of piperidine rings is 1. The predicted octanol–water partition coefficient (Wildman–Crippen LogP) is 3.70. The second kappa shape index (κ2) is 8.09. The van der Waals surface area contributed by atoms with Crippen LogP contribution in [0, 0.1) is 5.92 Å². The van der Waals surface area contributed by atoms with Gasteiger partial charge in [-0.1, -0.05) is 36.6 Å². The van der Waals surface area contributed by atoms with Gasteiger partial charge in [0.2, 0.25) is 5.91 Å². The third-order valence-electron chi connectivity index (χ3n) is 5.38. The number of amides is 2. The molecule has 1 aromatic carbocycles. The summed E-state index contributed by atoms with van der Waals surface area (Å²) in [5.41, 5.74) is 6.10. The van der Waals surface area contributed by atoms with Crippen LogP contribution in [0.5, 0.6) is 0 Å². The Morgan fingerprint density at radius 2 is 1.84 bits per heavy atom. The summed E-state index contributed by atoms with van der Waals surface area (Å²) < 4.78 is 5.06. The Balaban J connectivity index is 1.73. The lowest BCUT2D eigenvalue weighted by molar-refractivity contribution is -0.136. The van der Waals surface area contributed by atoms with E-state index in [1.165, 1.54) is 12.8 Å². The van der Waals surface area contributed by atoms with Crippen molar-refractivity contribution in [2.45, 2.75) is 50.5 Å². The van der Waals surface area contributed by atoms with E-state index >= 15 is 0 Å². The molecule has 0 bridgehead atoms. The quantitative estimate of drug-likeness (QED) is 0.885. The van der Waals surface area contributed by atoms with E-state index < -0.39 is 6.09 Å². The number of carbonyl (C=O) groups is 2. The van der Waals surface area contributed by atoms with Crippen LogP contribution in [0.4, 0.5) is 4.79 Å². The number of hydrogen-bond acceptors (Lipinski definition) is 3. The van der Waals surface area contributed by atoms with E-state index in [4.69, 9.17) is 22.1 Å². The number of rotatable bonds is 4. The SMILES string of the molecule is NC(=O)OC1CCN(C(=O)C(c2cccc(Cl)c2)C2CCCC2)CC1. The Labute approximate surface area is 153 Å². The molecule has 1 aliphatic heterocycles. The van der Waals surface area contributed by atoms with Crippen LogP contribution in [0.1, 0.15) is 50.0 Å². The summed E-state index contributed by atoms with van der Waals surface area (Å²) in [6, 6.07) is 7.69. The number of nitrogens with zero attached hydrogens (tertiary/aromatic N) is 1. The summed E-state index contributed by atoms with van der Waals surface area (Å²) in [5.74, 6) is 0.423. The summed E-state index contributed by atoms with van der Waals surface area (Å²) in [5, 5.41) is 0.668. The van der Waals surface area contributed by atoms with Crippen molar-refractivity contribution in [3.05, 3.63) is 34.9 Å². The van der Waals surface area contributed by atoms with Crippen molar-refractivity contribution in [2.75, 3.05) is 13.1 Å². The van der Waals surface area contributed by atoms with Crippen molar-refractivity contribution in [1.29, 1.82) is 0 Å². The standard InChI is InChI=1S/C19H25ClN2O3/c20-15-7-3-6-14(12-15)17(13-4-1-2-5-13)18(23)22-10-8-16(9-11-22)25-19(21)24/h3,6-7,12-13,16-17H,1-2,4-5,8-11H2,(H2,21,24). The third-order valence-corrected chi connectivity index (χ3v) is 5.62. The van der Waals surface area contributed by atoms with E-state index in [0.717, 1.165) is 18.4 Å². The van der Waals surface area contributed by atoms with Gasteiger partial charge >= 0.3 is 6.09 Å². The fourth-order valence-corrected chi connectivity index (χ4v) is 4.36. The van der Waals surface area contributed by atoms with Crippen molar-refractivity contribution >= 4 is 23.6 Å². The van der Waals surface area contributed by atoms with E-state index in [2.05, 4.69) is 0 Å². The van der Waals surface area contributed by atoms with Gasteiger partial charge in [0.05, 0.1) is 5.92 Å². The Morgan fingerprint density at radius 1 is 1.16 bits per heavy atom. The van der Waals surface area contributed by atoms with Gasteiger partial charge in [0.15, 0.2) is 0 Å². The first-order chi connectivity index (χ1) is 12.0. The van der Waals surface area contributed by atoms with E-state index in [1.807, 2.05) is 29.2 Å². The highest BCUT2D eigenvalue weighted by atomic mass is 35.5. The number of carbonyl (C=O) groups excluding carboxylic acids is 2. The number of halogens is 1. The zero-order valence-corrected chi connectivity index (χ0v) is 15.1. The smallest absolute Gasteiger partial charge is 0.404 e. The van der Waals surface area contributed by atoms with Crippen LogP contribution in [0.3, 0.4) is 0 Å². The molecule has 1 aromatic rings. The van der Waals surface area contributed by atoms with Crippen molar-refractivity contribution in [2.24, 2.45) is 11.7 Å². The zero-order chi connectivity index (χ0) is 17.8. The largest absolute Gasteiger partial charge is 0.446 e. The molecule has 2 N–H and O–H groups in total. The van der Waals surface area contributed by atoms with Crippen LogP contribution in [-0.2, 0) is 9.53 Å². The van der Waals surface area contributed by atoms with Gasteiger partial charge in [0.1, 0.15) is 6.10 Å². The van der Waals surface area contributed by atoms with E-state index in [9.17, 15) is 9.59 Å². The van der Waals surface area contributed by atoms with Crippen LogP contribution < -0.4 is 5.73 Å². The lowest BCUT2D eigenvalue weighted by Crippen LogP contribution is -2.45. The highest BCUT2D eigenvalue weighted by Crippen LogP contribution is 2.39. The Morgan fingerprint density at radius 3 is 2.44 bits per heavy atom. The molecule has 1 saturated carbocycles. The number of hydrogen-bond donors (Lipinski definition) is 1. The van der Waals surface area contributed by atoms with Crippen LogP contribution in [-0.4, -0.2) is 36.1 Å². The Kier molecular flexibility index (Phi) is 5.84. The summed E-state index contributed by atoms with van der Waals surface area (Å²) in [4.78, 5) is 26.1. The summed E-state index contributed by atoms with van der Waals surface area (Å²) >= 11 is 6.17. The minimum atomic E-state index is -0.743. The normalized spacial score (nSPS) is 20.4. The fraction of sp³-hybridized carbons (Fsp3) is 0.579. The van der Waals surface area contributed by atoms with E-state index in [0.29, 0.717) is 36.9 Å². The molecule has 136 valence electrons. The summed E-state index contributed by atoms with van der Waals surface area (Å²) in [6.45, 7) is 1.20. The number of primary amides is 1. The van der Waals surface area contributed by atoms with E-state index in [-0.39, 0.29) is 17.9 Å². The fourth-order valence-electron chi connectivity index (χ4n) is 4.16. The molecule has 5 nitrogen and oxygen atoms in total. The lowest BCUT2D eigenvalue weighted by Gasteiger charge is -2.35. The van der Waals surface area contributed by atoms with Gasteiger partial charge in [0.25, 0.3) is 0 Å². The first-order valence-corrected chi connectivity index (χ1v) is 9.42. The topological polar surface area (TPSA) is 72.6 Å². The van der Waals surface area contributed by atoms with Crippen molar-refractivity contribution in [3.8, 4) is 0 Å². The van der Waals surface area contributed by atoms with Crippen LogP contribution in [0.25, 0.3) is 0 Å². The molecule has 1 atom stereocenters. The molecule has 1 unspecified atom stereocenters. The van der Waals surface area contributed by atoms with Crippen LogP contribution in [0.2, 0.25) is 5.02 Å². The van der Waals surface area contributed by atoms with Gasteiger partial charge in [-0.15, -0.1) is 0 Å². The molecule has 2 amide bonds. The Bertz CT molecular complexity index is 623. The van der Waals surface area contributed by atoms with Gasteiger partial charge < -0.3 is 15.4 Å². The molecule has 0 radical (unpaired) electrons. The molecular weight excluding hydrogens is 340 g/mol. The minimum absolute atomic E-state index is 0.130. The highest BCUT2D eigenvalue weighted by molar-refractivity contribution is 6.30. The summed E-state index contributed by atoms with van der Waals surface area (Å²) in [6.07, 6.45) is 4.90. The highest BCUT2D eigenvalue weighted by Gasteiger charge is 2.36. The predicted molar refractivity (Wildman–Crippen MR) is 96.4 cm³/mol. The molecule has 2 fully saturated rings.